The van der Waals surface area contributed by atoms with Crippen LogP contribution in [-0.4, -0.2) is 21.7 Å². The Balaban J connectivity index is 2.35. The Labute approximate surface area is 122 Å². The van der Waals surface area contributed by atoms with Crippen molar-refractivity contribution in [1.82, 2.24) is 15.2 Å². The van der Waals surface area contributed by atoms with Gasteiger partial charge in [-0.1, -0.05) is 32.1 Å². The molecule has 0 unspecified atom stereocenters. The molecule has 0 saturated heterocycles. The van der Waals surface area contributed by atoms with Gasteiger partial charge < -0.3 is 5.32 Å². The second-order valence-electron chi connectivity index (χ2n) is 4.67. The third-order valence-corrected chi connectivity index (χ3v) is 4.82. The second kappa shape index (κ2) is 6.43. The summed E-state index contributed by atoms with van der Waals surface area (Å²) in [4.78, 5) is 5.96. The van der Waals surface area contributed by atoms with Gasteiger partial charge in [-0.2, -0.15) is 0 Å². The lowest BCUT2D eigenvalue weighted by Crippen LogP contribution is -1.94. The van der Waals surface area contributed by atoms with Crippen molar-refractivity contribution in [2.75, 3.05) is 11.9 Å². The minimum absolute atomic E-state index is 0.420. The number of anilines is 1. The zero-order chi connectivity index (χ0) is 13.8. The fraction of sp³-hybridized carbons (Fsp3) is 0.615. The molecule has 0 spiro atoms. The van der Waals surface area contributed by atoms with Crippen LogP contribution in [0.3, 0.4) is 0 Å². The maximum atomic E-state index is 4.77. The van der Waals surface area contributed by atoms with Gasteiger partial charge in [-0.15, -0.1) is 21.5 Å². The monoisotopic (exact) mass is 296 g/mol. The van der Waals surface area contributed by atoms with E-state index >= 15 is 0 Å². The number of rotatable bonds is 6. The van der Waals surface area contributed by atoms with Gasteiger partial charge >= 0.3 is 0 Å². The molecule has 0 aromatic carbocycles. The van der Waals surface area contributed by atoms with E-state index < -0.39 is 0 Å². The first-order chi connectivity index (χ1) is 9.15. The number of aryl methyl sites for hydroxylation is 1. The van der Waals surface area contributed by atoms with E-state index in [1.807, 2.05) is 0 Å². The molecule has 0 fully saturated rings. The van der Waals surface area contributed by atoms with Crippen molar-refractivity contribution >= 4 is 27.8 Å². The average Bonchev–Trinajstić information content (AvgIpc) is 2.96. The minimum Gasteiger partial charge on any atom is -0.360 e. The Bertz CT molecular complexity index is 530. The van der Waals surface area contributed by atoms with E-state index in [1.165, 1.54) is 9.88 Å². The van der Waals surface area contributed by atoms with Gasteiger partial charge in [0.1, 0.15) is 0 Å². The molecule has 0 aliphatic heterocycles. The van der Waals surface area contributed by atoms with Crippen molar-refractivity contribution in [3.63, 3.8) is 0 Å². The highest BCUT2D eigenvalue weighted by Gasteiger charge is 2.18. The maximum absolute atomic E-state index is 4.77. The molecular weight excluding hydrogens is 276 g/mol. The summed E-state index contributed by atoms with van der Waals surface area (Å²) >= 11 is 3.38. The molecule has 0 atom stereocenters. The number of nitrogens with one attached hydrogen (secondary N) is 1. The Morgan fingerprint density at radius 1 is 1.16 bits per heavy atom. The predicted molar refractivity (Wildman–Crippen MR) is 83.3 cm³/mol. The fourth-order valence-electron chi connectivity index (χ4n) is 1.78. The van der Waals surface area contributed by atoms with Gasteiger partial charge in [-0.3, -0.25) is 0 Å². The van der Waals surface area contributed by atoms with E-state index in [0.29, 0.717) is 5.92 Å². The van der Waals surface area contributed by atoms with Gasteiger partial charge in [-0.25, -0.2) is 4.98 Å². The summed E-state index contributed by atoms with van der Waals surface area (Å²) in [5.41, 5.74) is 1.16. The summed E-state index contributed by atoms with van der Waals surface area (Å²) in [6.07, 6.45) is 2.17. The van der Waals surface area contributed by atoms with Crippen LogP contribution in [0.5, 0.6) is 0 Å². The van der Waals surface area contributed by atoms with Gasteiger partial charge in [-0.05, 0) is 25.7 Å². The molecule has 0 saturated carbocycles. The molecule has 2 aromatic heterocycles. The van der Waals surface area contributed by atoms with Crippen LogP contribution in [0.15, 0.2) is 0 Å². The highest BCUT2D eigenvalue weighted by molar-refractivity contribution is 7.23. The molecule has 0 aliphatic carbocycles. The molecule has 0 aliphatic rings. The molecule has 0 radical (unpaired) electrons. The van der Waals surface area contributed by atoms with Crippen LogP contribution < -0.4 is 5.32 Å². The predicted octanol–water partition coefficient (Wildman–Crippen LogP) is 4.17. The van der Waals surface area contributed by atoms with Crippen molar-refractivity contribution in [2.24, 2.45) is 0 Å². The summed E-state index contributed by atoms with van der Waals surface area (Å²) in [6, 6.07) is 0. The molecule has 2 rings (SSSR count). The van der Waals surface area contributed by atoms with Gasteiger partial charge in [0, 0.05) is 6.54 Å². The lowest BCUT2D eigenvalue weighted by molar-refractivity contribution is 0.813. The molecule has 19 heavy (non-hydrogen) atoms. The van der Waals surface area contributed by atoms with Crippen molar-refractivity contribution in [2.45, 2.75) is 46.5 Å². The van der Waals surface area contributed by atoms with Gasteiger partial charge in [0.2, 0.25) is 5.13 Å². The Hall–Kier alpha value is -1.01. The number of hydrogen-bond donors (Lipinski definition) is 1. The molecule has 4 nitrogen and oxygen atoms in total. The number of nitrogens with zero attached hydrogens (tertiary/aromatic N) is 3. The van der Waals surface area contributed by atoms with Gasteiger partial charge in [0.25, 0.3) is 0 Å². The normalized spacial score (nSPS) is 11.2. The molecule has 6 heteroatoms. The molecule has 0 bridgehead atoms. The zero-order valence-corrected chi connectivity index (χ0v) is 13.5. The van der Waals surface area contributed by atoms with Crippen LogP contribution in [0.25, 0.3) is 9.88 Å². The fourth-order valence-corrected chi connectivity index (χ4v) is 3.99. The Morgan fingerprint density at radius 2 is 1.95 bits per heavy atom. The molecular formula is C13H20N4S2. The van der Waals surface area contributed by atoms with E-state index in [1.54, 1.807) is 22.7 Å². The molecule has 2 heterocycles. The average molecular weight is 296 g/mol. The van der Waals surface area contributed by atoms with Crippen LogP contribution in [0.4, 0.5) is 5.13 Å². The first kappa shape index (κ1) is 14.4. The topological polar surface area (TPSA) is 50.7 Å². The quantitative estimate of drug-likeness (QED) is 0.869. The summed E-state index contributed by atoms with van der Waals surface area (Å²) < 4.78 is 0. The third kappa shape index (κ3) is 3.30. The first-order valence-corrected chi connectivity index (χ1v) is 8.36. The van der Waals surface area contributed by atoms with Crippen molar-refractivity contribution in [3.05, 3.63) is 10.7 Å². The van der Waals surface area contributed by atoms with E-state index in [-0.39, 0.29) is 0 Å². The maximum Gasteiger partial charge on any atom is 0.206 e. The lowest BCUT2D eigenvalue weighted by Gasteiger charge is -2.01. The van der Waals surface area contributed by atoms with Crippen LogP contribution >= 0.6 is 22.7 Å². The van der Waals surface area contributed by atoms with Crippen LogP contribution in [0.1, 0.15) is 50.7 Å². The lowest BCUT2D eigenvalue weighted by atomic mass is 10.1. The van der Waals surface area contributed by atoms with E-state index in [9.17, 15) is 0 Å². The van der Waals surface area contributed by atoms with Crippen molar-refractivity contribution in [3.8, 4) is 9.88 Å². The van der Waals surface area contributed by atoms with Crippen LogP contribution in [-0.2, 0) is 6.42 Å². The Morgan fingerprint density at radius 3 is 2.58 bits per heavy atom. The van der Waals surface area contributed by atoms with Crippen LogP contribution in [0, 0.1) is 0 Å². The highest BCUT2D eigenvalue weighted by atomic mass is 32.1. The molecule has 0 amide bonds. The highest BCUT2D eigenvalue weighted by Crippen LogP contribution is 2.37. The van der Waals surface area contributed by atoms with Crippen LogP contribution in [0.2, 0.25) is 0 Å². The van der Waals surface area contributed by atoms with Crippen molar-refractivity contribution < 1.29 is 0 Å². The minimum atomic E-state index is 0.420. The van der Waals surface area contributed by atoms with Gasteiger partial charge in [0.05, 0.1) is 15.6 Å². The number of aromatic nitrogens is 3. The Kier molecular flexibility index (Phi) is 4.87. The number of thiazole rings is 1. The smallest absolute Gasteiger partial charge is 0.206 e. The SMILES string of the molecule is CCCc1nc(C(C)C)c(-c2nnc(NCC)s2)s1. The second-order valence-corrected chi connectivity index (χ2v) is 6.73. The molecule has 2 aromatic rings. The van der Waals surface area contributed by atoms with Crippen molar-refractivity contribution in [1.29, 1.82) is 0 Å². The number of hydrogen-bond acceptors (Lipinski definition) is 6. The first-order valence-electron chi connectivity index (χ1n) is 6.73. The largest absolute Gasteiger partial charge is 0.360 e. The standard InChI is InChI=1S/C13H20N4S2/c1-5-7-9-15-10(8(3)4)11(18-9)12-16-17-13(19-12)14-6-2/h8H,5-7H2,1-4H3,(H,14,17). The van der Waals surface area contributed by atoms with Gasteiger partial charge in [0.15, 0.2) is 5.01 Å². The van der Waals surface area contributed by atoms with E-state index in [2.05, 4.69) is 43.2 Å². The van der Waals surface area contributed by atoms with E-state index in [4.69, 9.17) is 4.98 Å². The summed E-state index contributed by atoms with van der Waals surface area (Å²) in [5.74, 6) is 0.420. The zero-order valence-electron chi connectivity index (χ0n) is 11.9. The summed E-state index contributed by atoms with van der Waals surface area (Å²) in [6.45, 7) is 9.48. The molecule has 104 valence electrons. The summed E-state index contributed by atoms with van der Waals surface area (Å²) in [7, 11) is 0. The summed E-state index contributed by atoms with van der Waals surface area (Å²) in [5, 5.41) is 14.8. The van der Waals surface area contributed by atoms with E-state index in [0.717, 1.165) is 35.2 Å². The molecule has 1 N–H and O–H groups in total. The third-order valence-electron chi connectivity index (χ3n) is 2.66.